The molecular formula is C14H10OS2. The normalized spacial score (nSPS) is 17.2. The standard InChI is InChI=1S/C14H10OS2/c15-13-11(8-10-4-2-1-3-5-10)9-17-14-12(13)6-7-16-14/h1-8H,9H2. The highest BCUT2D eigenvalue weighted by molar-refractivity contribution is 8.01. The molecular weight excluding hydrogens is 248 g/mol. The molecule has 0 saturated heterocycles. The Bertz CT molecular complexity index is 581. The quantitative estimate of drug-likeness (QED) is 0.716. The zero-order valence-electron chi connectivity index (χ0n) is 9.05. The lowest BCUT2D eigenvalue weighted by Gasteiger charge is -2.12. The van der Waals surface area contributed by atoms with E-state index in [9.17, 15) is 4.79 Å². The number of thioether (sulfide) groups is 1. The molecule has 0 N–H and O–H groups in total. The molecule has 0 spiro atoms. The van der Waals surface area contributed by atoms with Crippen LogP contribution in [0.4, 0.5) is 0 Å². The molecule has 0 atom stereocenters. The van der Waals surface area contributed by atoms with E-state index in [0.717, 1.165) is 26.7 Å². The fourth-order valence-electron chi connectivity index (χ4n) is 1.82. The van der Waals surface area contributed by atoms with Crippen LogP contribution in [0.15, 0.2) is 51.6 Å². The zero-order chi connectivity index (χ0) is 11.7. The van der Waals surface area contributed by atoms with Gasteiger partial charge in [-0.05, 0) is 23.1 Å². The summed E-state index contributed by atoms with van der Waals surface area (Å²) in [5.41, 5.74) is 2.86. The van der Waals surface area contributed by atoms with Gasteiger partial charge in [0, 0.05) is 16.9 Å². The third kappa shape index (κ3) is 2.08. The predicted molar refractivity (Wildman–Crippen MR) is 73.8 cm³/mol. The first-order valence-electron chi connectivity index (χ1n) is 5.35. The molecule has 2 heterocycles. The molecule has 1 aromatic carbocycles. The van der Waals surface area contributed by atoms with Gasteiger partial charge in [-0.1, -0.05) is 30.3 Å². The van der Waals surface area contributed by atoms with Crippen LogP contribution in [0.5, 0.6) is 0 Å². The number of thiophene rings is 1. The predicted octanol–water partition coefficient (Wildman–Crippen LogP) is 4.12. The number of hydrogen-bond donors (Lipinski definition) is 0. The summed E-state index contributed by atoms with van der Waals surface area (Å²) in [7, 11) is 0. The van der Waals surface area contributed by atoms with Crippen LogP contribution in [0.25, 0.3) is 6.08 Å². The summed E-state index contributed by atoms with van der Waals surface area (Å²) >= 11 is 3.41. The molecule has 0 aliphatic carbocycles. The summed E-state index contributed by atoms with van der Waals surface area (Å²) in [5.74, 6) is 0.963. The Hall–Kier alpha value is -1.32. The Kier molecular flexibility index (Phi) is 2.87. The van der Waals surface area contributed by atoms with Crippen LogP contribution in [0.3, 0.4) is 0 Å². The van der Waals surface area contributed by atoms with Gasteiger partial charge in [0.15, 0.2) is 5.78 Å². The highest BCUT2D eigenvalue weighted by atomic mass is 32.2. The first-order chi connectivity index (χ1) is 8.34. The lowest BCUT2D eigenvalue weighted by atomic mass is 10.0. The molecule has 0 fully saturated rings. The van der Waals surface area contributed by atoms with Crippen molar-refractivity contribution in [3.63, 3.8) is 0 Å². The summed E-state index contributed by atoms with van der Waals surface area (Å²) < 4.78 is 1.15. The van der Waals surface area contributed by atoms with E-state index in [-0.39, 0.29) is 5.78 Å². The fourth-order valence-corrected chi connectivity index (χ4v) is 3.86. The van der Waals surface area contributed by atoms with E-state index in [1.165, 1.54) is 0 Å². The van der Waals surface area contributed by atoms with Crippen LogP contribution in [0.1, 0.15) is 15.9 Å². The van der Waals surface area contributed by atoms with Crippen LogP contribution in [0, 0.1) is 0 Å². The highest BCUT2D eigenvalue weighted by Crippen LogP contribution is 2.37. The monoisotopic (exact) mass is 258 g/mol. The second-order valence-corrected chi connectivity index (χ2v) is 5.98. The number of hydrogen-bond acceptors (Lipinski definition) is 3. The number of ketones is 1. The highest BCUT2D eigenvalue weighted by Gasteiger charge is 2.23. The molecule has 3 rings (SSSR count). The molecule has 0 amide bonds. The molecule has 3 heteroatoms. The second-order valence-electron chi connectivity index (χ2n) is 3.82. The van der Waals surface area contributed by atoms with Crippen molar-refractivity contribution in [3.8, 4) is 0 Å². The maximum Gasteiger partial charge on any atom is 0.191 e. The van der Waals surface area contributed by atoms with Crippen LogP contribution >= 0.6 is 23.1 Å². The molecule has 84 valence electrons. The summed E-state index contributed by atoms with van der Waals surface area (Å²) in [5, 5.41) is 1.99. The maximum atomic E-state index is 12.2. The summed E-state index contributed by atoms with van der Waals surface area (Å²) in [6.45, 7) is 0. The van der Waals surface area contributed by atoms with E-state index in [2.05, 4.69) is 0 Å². The van der Waals surface area contributed by atoms with Gasteiger partial charge in [0.1, 0.15) is 0 Å². The minimum Gasteiger partial charge on any atom is -0.289 e. The van der Waals surface area contributed by atoms with Crippen molar-refractivity contribution in [2.24, 2.45) is 0 Å². The third-order valence-electron chi connectivity index (χ3n) is 2.67. The van der Waals surface area contributed by atoms with Crippen molar-refractivity contribution in [1.29, 1.82) is 0 Å². The molecule has 1 aliphatic rings. The van der Waals surface area contributed by atoms with Gasteiger partial charge < -0.3 is 0 Å². The molecule has 0 radical (unpaired) electrons. The Morgan fingerprint density at radius 2 is 1.94 bits per heavy atom. The van der Waals surface area contributed by atoms with Crippen molar-refractivity contribution in [2.75, 3.05) is 5.75 Å². The van der Waals surface area contributed by atoms with Crippen LogP contribution < -0.4 is 0 Å². The molecule has 1 aromatic heterocycles. The average molecular weight is 258 g/mol. The largest absolute Gasteiger partial charge is 0.289 e. The number of Topliss-reactive ketones (excluding diaryl/α,β-unsaturated/α-hetero) is 1. The number of carbonyl (C=O) groups excluding carboxylic acids is 1. The van der Waals surface area contributed by atoms with Crippen LogP contribution in [0.2, 0.25) is 0 Å². The van der Waals surface area contributed by atoms with E-state index in [4.69, 9.17) is 0 Å². The number of carbonyl (C=O) groups is 1. The van der Waals surface area contributed by atoms with Crippen molar-refractivity contribution >= 4 is 35.0 Å². The van der Waals surface area contributed by atoms with Gasteiger partial charge in [-0.15, -0.1) is 23.1 Å². The van der Waals surface area contributed by atoms with Crippen molar-refractivity contribution in [3.05, 3.63) is 58.5 Å². The summed E-state index contributed by atoms with van der Waals surface area (Å²) in [6.07, 6.45) is 2.00. The summed E-state index contributed by atoms with van der Waals surface area (Å²) in [6, 6.07) is 11.9. The maximum absolute atomic E-state index is 12.2. The lowest BCUT2D eigenvalue weighted by Crippen LogP contribution is -2.10. The fraction of sp³-hybridized carbons (Fsp3) is 0.0714. The van der Waals surface area contributed by atoms with E-state index < -0.39 is 0 Å². The van der Waals surface area contributed by atoms with E-state index in [1.54, 1.807) is 23.1 Å². The Morgan fingerprint density at radius 3 is 2.76 bits per heavy atom. The van der Waals surface area contributed by atoms with Gasteiger partial charge >= 0.3 is 0 Å². The molecule has 0 bridgehead atoms. The van der Waals surface area contributed by atoms with Gasteiger partial charge in [0.25, 0.3) is 0 Å². The number of benzene rings is 1. The minimum absolute atomic E-state index is 0.184. The molecule has 2 aromatic rings. The van der Waals surface area contributed by atoms with Crippen LogP contribution in [-0.2, 0) is 0 Å². The Labute approximate surface area is 108 Å². The first-order valence-corrected chi connectivity index (χ1v) is 7.22. The topological polar surface area (TPSA) is 17.1 Å². The van der Waals surface area contributed by atoms with Gasteiger partial charge in [-0.25, -0.2) is 0 Å². The van der Waals surface area contributed by atoms with E-state index in [0.29, 0.717) is 0 Å². The molecule has 0 saturated carbocycles. The van der Waals surface area contributed by atoms with Gasteiger partial charge in [0.05, 0.1) is 4.21 Å². The van der Waals surface area contributed by atoms with E-state index in [1.807, 2.05) is 47.9 Å². The Morgan fingerprint density at radius 1 is 1.12 bits per heavy atom. The number of rotatable bonds is 1. The first kappa shape index (κ1) is 10.8. The van der Waals surface area contributed by atoms with Gasteiger partial charge in [0.2, 0.25) is 0 Å². The molecule has 1 nitrogen and oxygen atoms in total. The van der Waals surface area contributed by atoms with Crippen molar-refractivity contribution in [1.82, 2.24) is 0 Å². The smallest absolute Gasteiger partial charge is 0.191 e. The zero-order valence-corrected chi connectivity index (χ0v) is 10.7. The van der Waals surface area contributed by atoms with Crippen LogP contribution in [-0.4, -0.2) is 11.5 Å². The number of fused-ring (bicyclic) bond motifs is 1. The van der Waals surface area contributed by atoms with Gasteiger partial charge in [-0.3, -0.25) is 4.79 Å². The lowest BCUT2D eigenvalue weighted by molar-refractivity contribution is 0.103. The van der Waals surface area contributed by atoms with E-state index >= 15 is 0 Å². The van der Waals surface area contributed by atoms with Gasteiger partial charge in [-0.2, -0.15) is 0 Å². The van der Waals surface area contributed by atoms with Crippen molar-refractivity contribution in [2.45, 2.75) is 4.21 Å². The minimum atomic E-state index is 0.184. The molecule has 0 unspecified atom stereocenters. The Balaban J connectivity index is 1.97. The molecule has 17 heavy (non-hydrogen) atoms. The van der Waals surface area contributed by atoms with Crippen molar-refractivity contribution < 1.29 is 4.79 Å². The summed E-state index contributed by atoms with van der Waals surface area (Å²) in [4.78, 5) is 12.2. The SMILES string of the molecule is O=C1C(=Cc2ccccc2)CSc2sccc21. The average Bonchev–Trinajstić information content (AvgIpc) is 2.83. The second kappa shape index (κ2) is 4.51. The third-order valence-corrected chi connectivity index (χ3v) is 4.95. The molecule has 1 aliphatic heterocycles.